The summed E-state index contributed by atoms with van der Waals surface area (Å²) in [5, 5.41) is 18.8. The van der Waals surface area contributed by atoms with E-state index in [1.54, 1.807) is 0 Å². The molecule has 1 aliphatic rings. The van der Waals surface area contributed by atoms with Crippen LogP contribution in [0.3, 0.4) is 0 Å². The Bertz CT molecular complexity index is 349. The standard InChI is InChI=1S/C11H15NO2/c12-10(6-13)9-5-4-7-2-1-3-8(7)11(9)14/h4-5,10,13-14H,1-3,6,12H2. The van der Waals surface area contributed by atoms with E-state index in [-0.39, 0.29) is 6.61 Å². The van der Waals surface area contributed by atoms with Crippen LogP contribution in [0.1, 0.15) is 29.2 Å². The van der Waals surface area contributed by atoms with Crippen LogP contribution in [0, 0.1) is 0 Å². The molecular formula is C11H15NO2. The molecule has 0 amide bonds. The summed E-state index contributed by atoms with van der Waals surface area (Å²) in [5.74, 6) is 0.293. The van der Waals surface area contributed by atoms with Crippen molar-refractivity contribution in [3.05, 3.63) is 28.8 Å². The van der Waals surface area contributed by atoms with Crippen LogP contribution in [0.5, 0.6) is 5.75 Å². The van der Waals surface area contributed by atoms with E-state index < -0.39 is 6.04 Å². The van der Waals surface area contributed by atoms with Gasteiger partial charge in [0.25, 0.3) is 0 Å². The minimum atomic E-state index is -0.471. The van der Waals surface area contributed by atoms with E-state index >= 15 is 0 Å². The Balaban J connectivity index is 2.44. The van der Waals surface area contributed by atoms with Crippen molar-refractivity contribution in [2.24, 2.45) is 5.73 Å². The molecule has 1 atom stereocenters. The monoisotopic (exact) mass is 193 g/mol. The number of aryl methyl sites for hydroxylation is 1. The smallest absolute Gasteiger partial charge is 0.123 e. The van der Waals surface area contributed by atoms with Gasteiger partial charge in [-0.25, -0.2) is 0 Å². The van der Waals surface area contributed by atoms with Gasteiger partial charge in [-0.1, -0.05) is 12.1 Å². The lowest BCUT2D eigenvalue weighted by molar-refractivity contribution is 0.265. The SMILES string of the molecule is NC(CO)c1ccc2c(c1O)CCC2. The zero-order chi connectivity index (χ0) is 10.1. The molecule has 0 spiro atoms. The molecule has 0 radical (unpaired) electrons. The maximum atomic E-state index is 9.92. The van der Waals surface area contributed by atoms with E-state index in [4.69, 9.17) is 10.8 Å². The summed E-state index contributed by atoms with van der Waals surface area (Å²) in [5.41, 5.74) is 8.58. The average molecular weight is 193 g/mol. The minimum absolute atomic E-state index is 0.133. The van der Waals surface area contributed by atoms with E-state index in [0.717, 1.165) is 24.8 Å². The molecule has 0 fully saturated rings. The van der Waals surface area contributed by atoms with Gasteiger partial charge >= 0.3 is 0 Å². The topological polar surface area (TPSA) is 66.5 Å². The van der Waals surface area contributed by atoms with Gasteiger partial charge in [0.1, 0.15) is 5.75 Å². The number of hydrogen-bond acceptors (Lipinski definition) is 3. The second-order valence-corrected chi connectivity index (χ2v) is 3.78. The Kier molecular flexibility index (Phi) is 2.44. The molecule has 2 rings (SSSR count). The van der Waals surface area contributed by atoms with E-state index in [1.807, 2.05) is 12.1 Å². The van der Waals surface area contributed by atoms with Crippen LogP contribution >= 0.6 is 0 Å². The van der Waals surface area contributed by atoms with Crippen molar-refractivity contribution in [3.8, 4) is 5.75 Å². The zero-order valence-electron chi connectivity index (χ0n) is 8.03. The number of phenols is 1. The number of aromatic hydroxyl groups is 1. The molecule has 1 aliphatic carbocycles. The molecule has 1 aromatic rings. The first-order chi connectivity index (χ1) is 6.74. The Labute approximate surface area is 83.2 Å². The highest BCUT2D eigenvalue weighted by Crippen LogP contribution is 2.34. The number of phenolic OH excluding ortho intramolecular Hbond substituents is 1. The highest BCUT2D eigenvalue weighted by Gasteiger charge is 2.19. The number of benzene rings is 1. The third kappa shape index (κ3) is 1.38. The van der Waals surface area contributed by atoms with Gasteiger partial charge in [-0.05, 0) is 30.4 Å². The first kappa shape index (κ1) is 9.49. The van der Waals surface area contributed by atoms with E-state index in [0.29, 0.717) is 11.3 Å². The van der Waals surface area contributed by atoms with Crippen molar-refractivity contribution in [2.45, 2.75) is 25.3 Å². The van der Waals surface area contributed by atoms with Crippen molar-refractivity contribution in [3.63, 3.8) is 0 Å². The number of hydrogen-bond donors (Lipinski definition) is 3. The van der Waals surface area contributed by atoms with Crippen molar-refractivity contribution >= 4 is 0 Å². The summed E-state index contributed by atoms with van der Waals surface area (Å²) in [4.78, 5) is 0. The molecule has 1 unspecified atom stereocenters. The van der Waals surface area contributed by atoms with Crippen LogP contribution < -0.4 is 5.73 Å². The average Bonchev–Trinajstić information content (AvgIpc) is 2.66. The maximum Gasteiger partial charge on any atom is 0.123 e. The Morgan fingerprint density at radius 2 is 2.14 bits per heavy atom. The maximum absolute atomic E-state index is 9.92. The van der Waals surface area contributed by atoms with Gasteiger partial charge in [-0.15, -0.1) is 0 Å². The van der Waals surface area contributed by atoms with Crippen molar-refractivity contribution in [2.75, 3.05) is 6.61 Å². The third-order valence-corrected chi connectivity index (χ3v) is 2.88. The van der Waals surface area contributed by atoms with Gasteiger partial charge in [0.2, 0.25) is 0 Å². The molecule has 0 bridgehead atoms. The molecular weight excluding hydrogens is 178 g/mol. The highest BCUT2D eigenvalue weighted by atomic mass is 16.3. The van der Waals surface area contributed by atoms with Gasteiger partial charge in [-0.2, -0.15) is 0 Å². The lowest BCUT2D eigenvalue weighted by Crippen LogP contribution is -2.15. The number of rotatable bonds is 2. The first-order valence-electron chi connectivity index (χ1n) is 4.94. The van der Waals surface area contributed by atoms with Crippen LogP contribution in [-0.2, 0) is 12.8 Å². The van der Waals surface area contributed by atoms with Crippen LogP contribution in [0.4, 0.5) is 0 Å². The molecule has 0 aromatic heterocycles. The van der Waals surface area contributed by atoms with Gasteiger partial charge in [-0.3, -0.25) is 0 Å². The molecule has 0 saturated carbocycles. The fourth-order valence-corrected chi connectivity index (χ4v) is 2.06. The van der Waals surface area contributed by atoms with Gasteiger partial charge < -0.3 is 15.9 Å². The lowest BCUT2D eigenvalue weighted by Gasteiger charge is -2.13. The molecule has 3 nitrogen and oxygen atoms in total. The minimum Gasteiger partial charge on any atom is -0.507 e. The number of fused-ring (bicyclic) bond motifs is 1. The molecule has 14 heavy (non-hydrogen) atoms. The second kappa shape index (κ2) is 3.59. The Morgan fingerprint density at radius 3 is 2.86 bits per heavy atom. The Morgan fingerprint density at radius 1 is 1.36 bits per heavy atom. The first-order valence-corrected chi connectivity index (χ1v) is 4.94. The lowest BCUT2D eigenvalue weighted by atomic mass is 10.00. The van der Waals surface area contributed by atoms with Crippen molar-refractivity contribution in [1.82, 2.24) is 0 Å². The highest BCUT2D eigenvalue weighted by molar-refractivity contribution is 5.48. The van der Waals surface area contributed by atoms with Crippen LogP contribution in [0.25, 0.3) is 0 Å². The predicted molar refractivity (Wildman–Crippen MR) is 54.1 cm³/mol. The van der Waals surface area contributed by atoms with E-state index in [1.165, 1.54) is 5.56 Å². The zero-order valence-corrected chi connectivity index (χ0v) is 8.03. The number of nitrogens with two attached hydrogens (primary N) is 1. The molecule has 4 N–H and O–H groups in total. The summed E-state index contributed by atoms with van der Waals surface area (Å²) in [7, 11) is 0. The fourth-order valence-electron chi connectivity index (χ4n) is 2.06. The number of aliphatic hydroxyl groups is 1. The van der Waals surface area contributed by atoms with Gasteiger partial charge in [0, 0.05) is 5.56 Å². The Hall–Kier alpha value is -1.06. The molecule has 1 aromatic carbocycles. The summed E-state index contributed by atoms with van der Waals surface area (Å²) in [6.07, 6.45) is 3.06. The summed E-state index contributed by atoms with van der Waals surface area (Å²) in [6, 6.07) is 3.36. The summed E-state index contributed by atoms with van der Waals surface area (Å²) < 4.78 is 0. The van der Waals surface area contributed by atoms with E-state index in [9.17, 15) is 5.11 Å². The molecule has 0 heterocycles. The molecule has 76 valence electrons. The quantitative estimate of drug-likeness (QED) is 0.653. The van der Waals surface area contributed by atoms with Crippen molar-refractivity contribution in [1.29, 1.82) is 0 Å². The third-order valence-electron chi connectivity index (χ3n) is 2.88. The van der Waals surface area contributed by atoms with E-state index in [2.05, 4.69) is 0 Å². The number of aliphatic hydroxyl groups excluding tert-OH is 1. The van der Waals surface area contributed by atoms with Crippen LogP contribution in [0.15, 0.2) is 12.1 Å². The van der Waals surface area contributed by atoms with Crippen LogP contribution in [0.2, 0.25) is 0 Å². The van der Waals surface area contributed by atoms with Gasteiger partial charge in [0.15, 0.2) is 0 Å². The molecule has 0 saturated heterocycles. The normalized spacial score (nSPS) is 16.7. The fraction of sp³-hybridized carbons (Fsp3) is 0.455. The van der Waals surface area contributed by atoms with Crippen LogP contribution in [-0.4, -0.2) is 16.8 Å². The predicted octanol–water partition coefficient (Wildman–Crippen LogP) is 0.873. The second-order valence-electron chi connectivity index (χ2n) is 3.78. The van der Waals surface area contributed by atoms with Crippen molar-refractivity contribution < 1.29 is 10.2 Å². The molecule has 0 aliphatic heterocycles. The largest absolute Gasteiger partial charge is 0.507 e. The van der Waals surface area contributed by atoms with Gasteiger partial charge in [0.05, 0.1) is 12.6 Å². The summed E-state index contributed by atoms with van der Waals surface area (Å²) in [6.45, 7) is -0.133. The summed E-state index contributed by atoms with van der Waals surface area (Å²) >= 11 is 0. The molecule has 3 heteroatoms.